The van der Waals surface area contributed by atoms with Gasteiger partial charge in [-0.25, -0.2) is 0 Å². The van der Waals surface area contributed by atoms with E-state index in [0.29, 0.717) is 6.04 Å². The quantitative estimate of drug-likeness (QED) is 0.467. The SMILES string of the molecule is C=CCCSCCNC(C)c1ccc(-c2ccccc2OC)cc1. The van der Waals surface area contributed by atoms with Crippen LogP contribution >= 0.6 is 11.8 Å². The van der Waals surface area contributed by atoms with Crippen molar-refractivity contribution in [2.75, 3.05) is 25.2 Å². The van der Waals surface area contributed by atoms with Crippen molar-refractivity contribution in [1.29, 1.82) is 0 Å². The Bertz CT molecular complexity index is 624. The first-order valence-corrected chi connectivity index (χ1v) is 9.57. The lowest BCUT2D eigenvalue weighted by atomic mass is 10.0. The Morgan fingerprint density at radius 1 is 1.12 bits per heavy atom. The fraction of sp³-hybridized carbons (Fsp3) is 0.333. The Labute approximate surface area is 150 Å². The molecule has 0 saturated carbocycles. The molecule has 0 aromatic heterocycles. The molecule has 0 bridgehead atoms. The zero-order chi connectivity index (χ0) is 17.2. The molecule has 24 heavy (non-hydrogen) atoms. The lowest BCUT2D eigenvalue weighted by Crippen LogP contribution is -2.21. The fourth-order valence-corrected chi connectivity index (χ4v) is 3.37. The summed E-state index contributed by atoms with van der Waals surface area (Å²) in [5.41, 5.74) is 3.62. The van der Waals surface area contributed by atoms with Crippen molar-refractivity contribution in [2.24, 2.45) is 0 Å². The number of hydrogen-bond acceptors (Lipinski definition) is 3. The van der Waals surface area contributed by atoms with Gasteiger partial charge in [0.25, 0.3) is 0 Å². The van der Waals surface area contributed by atoms with Crippen molar-refractivity contribution >= 4 is 11.8 Å². The van der Waals surface area contributed by atoms with Crippen LogP contribution in [-0.2, 0) is 0 Å². The van der Waals surface area contributed by atoms with E-state index < -0.39 is 0 Å². The van der Waals surface area contributed by atoms with Gasteiger partial charge in [-0.05, 0) is 36.3 Å². The summed E-state index contributed by atoms with van der Waals surface area (Å²) in [6.07, 6.45) is 3.07. The molecule has 1 N–H and O–H groups in total. The van der Waals surface area contributed by atoms with Crippen molar-refractivity contribution in [2.45, 2.75) is 19.4 Å². The third-order valence-corrected chi connectivity index (χ3v) is 5.01. The minimum Gasteiger partial charge on any atom is -0.496 e. The van der Waals surface area contributed by atoms with Gasteiger partial charge in [-0.1, -0.05) is 48.5 Å². The molecule has 2 nitrogen and oxygen atoms in total. The van der Waals surface area contributed by atoms with Crippen LogP contribution in [0.2, 0.25) is 0 Å². The third-order valence-electron chi connectivity index (χ3n) is 3.99. The van der Waals surface area contributed by atoms with Gasteiger partial charge < -0.3 is 10.1 Å². The van der Waals surface area contributed by atoms with E-state index in [1.54, 1.807) is 7.11 Å². The molecular formula is C21H27NOS. The first kappa shape index (κ1) is 18.6. The van der Waals surface area contributed by atoms with Gasteiger partial charge in [0.15, 0.2) is 0 Å². The monoisotopic (exact) mass is 341 g/mol. The maximum atomic E-state index is 5.45. The molecule has 1 atom stereocenters. The lowest BCUT2D eigenvalue weighted by molar-refractivity contribution is 0.416. The average molecular weight is 342 g/mol. The molecule has 0 amide bonds. The maximum Gasteiger partial charge on any atom is 0.126 e. The molecule has 0 heterocycles. The Hall–Kier alpha value is -1.71. The standard InChI is InChI=1S/C21H27NOS/c1-4-5-15-24-16-14-22-17(2)18-10-12-19(13-11-18)20-8-6-7-9-21(20)23-3/h4,6-13,17,22H,1,5,14-16H2,2-3H3. The number of benzene rings is 2. The molecule has 0 saturated heterocycles. The van der Waals surface area contributed by atoms with Gasteiger partial charge in [0.2, 0.25) is 0 Å². The van der Waals surface area contributed by atoms with E-state index in [0.717, 1.165) is 35.8 Å². The number of hydrogen-bond donors (Lipinski definition) is 1. The van der Waals surface area contributed by atoms with Crippen LogP contribution in [0.5, 0.6) is 5.75 Å². The van der Waals surface area contributed by atoms with Gasteiger partial charge in [0, 0.05) is 23.9 Å². The van der Waals surface area contributed by atoms with Gasteiger partial charge in [0.05, 0.1) is 7.11 Å². The predicted octanol–water partition coefficient (Wildman–Crippen LogP) is 5.32. The van der Waals surface area contributed by atoms with Crippen LogP contribution in [0.1, 0.15) is 24.9 Å². The van der Waals surface area contributed by atoms with Crippen LogP contribution in [0.15, 0.2) is 61.2 Å². The minimum absolute atomic E-state index is 0.358. The van der Waals surface area contributed by atoms with Crippen LogP contribution in [0.4, 0.5) is 0 Å². The largest absolute Gasteiger partial charge is 0.496 e. The second-order valence-corrected chi connectivity index (χ2v) is 6.91. The van der Waals surface area contributed by atoms with Crippen LogP contribution < -0.4 is 10.1 Å². The first-order valence-electron chi connectivity index (χ1n) is 8.41. The van der Waals surface area contributed by atoms with Crippen molar-refractivity contribution < 1.29 is 4.74 Å². The number of methoxy groups -OCH3 is 1. The van der Waals surface area contributed by atoms with E-state index in [1.807, 2.05) is 36.0 Å². The second-order valence-electron chi connectivity index (χ2n) is 5.69. The van der Waals surface area contributed by atoms with Crippen molar-refractivity contribution in [3.05, 3.63) is 66.7 Å². The molecule has 0 spiro atoms. The normalized spacial score (nSPS) is 11.9. The summed E-state index contributed by atoms with van der Waals surface area (Å²) >= 11 is 1.97. The van der Waals surface area contributed by atoms with E-state index in [2.05, 4.69) is 49.2 Å². The van der Waals surface area contributed by atoms with Crippen molar-refractivity contribution in [3.63, 3.8) is 0 Å². The summed E-state index contributed by atoms with van der Waals surface area (Å²) in [4.78, 5) is 0. The minimum atomic E-state index is 0.358. The molecular weight excluding hydrogens is 314 g/mol. The van der Waals surface area contributed by atoms with E-state index in [-0.39, 0.29) is 0 Å². The Kier molecular flexibility index (Phi) is 7.93. The van der Waals surface area contributed by atoms with Gasteiger partial charge >= 0.3 is 0 Å². The molecule has 128 valence electrons. The fourth-order valence-electron chi connectivity index (χ4n) is 2.57. The second kappa shape index (κ2) is 10.2. The molecule has 0 radical (unpaired) electrons. The zero-order valence-corrected chi connectivity index (χ0v) is 15.4. The molecule has 0 fully saturated rings. The highest BCUT2D eigenvalue weighted by atomic mass is 32.2. The summed E-state index contributed by atoms with van der Waals surface area (Å²) in [5.74, 6) is 3.21. The van der Waals surface area contributed by atoms with Gasteiger partial charge in [-0.2, -0.15) is 11.8 Å². The summed E-state index contributed by atoms with van der Waals surface area (Å²) in [6.45, 7) is 6.99. The summed E-state index contributed by atoms with van der Waals surface area (Å²) < 4.78 is 5.45. The van der Waals surface area contributed by atoms with Crippen LogP contribution in [-0.4, -0.2) is 25.2 Å². The van der Waals surface area contributed by atoms with Crippen molar-refractivity contribution in [1.82, 2.24) is 5.32 Å². The molecule has 2 aromatic carbocycles. The molecule has 2 aromatic rings. The number of allylic oxidation sites excluding steroid dienone is 1. The number of rotatable bonds is 10. The molecule has 2 rings (SSSR count). The predicted molar refractivity (Wildman–Crippen MR) is 107 cm³/mol. The topological polar surface area (TPSA) is 21.3 Å². The summed E-state index contributed by atoms with van der Waals surface area (Å²) in [6, 6.07) is 17.2. The van der Waals surface area contributed by atoms with Gasteiger partial charge in [0.1, 0.15) is 5.75 Å². The van der Waals surface area contributed by atoms with Crippen LogP contribution in [0.3, 0.4) is 0 Å². The molecule has 0 aliphatic rings. The van der Waals surface area contributed by atoms with E-state index >= 15 is 0 Å². The number of ether oxygens (including phenoxy) is 1. The summed E-state index contributed by atoms with van der Waals surface area (Å²) in [7, 11) is 1.71. The molecule has 1 unspecified atom stereocenters. The number of nitrogens with one attached hydrogen (secondary N) is 1. The number of para-hydroxylation sites is 1. The zero-order valence-electron chi connectivity index (χ0n) is 14.6. The third kappa shape index (κ3) is 5.43. The van der Waals surface area contributed by atoms with Crippen molar-refractivity contribution in [3.8, 4) is 16.9 Å². The van der Waals surface area contributed by atoms with Crippen LogP contribution in [0, 0.1) is 0 Å². The molecule has 0 aliphatic carbocycles. The maximum absolute atomic E-state index is 5.45. The van der Waals surface area contributed by atoms with E-state index in [4.69, 9.17) is 4.74 Å². The Morgan fingerprint density at radius 3 is 2.58 bits per heavy atom. The molecule has 3 heteroatoms. The lowest BCUT2D eigenvalue weighted by Gasteiger charge is -2.15. The highest BCUT2D eigenvalue weighted by Crippen LogP contribution is 2.30. The van der Waals surface area contributed by atoms with E-state index in [1.165, 1.54) is 11.1 Å². The number of thioether (sulfide) groups is 1. The van der Waals surface area contributed by atoms with E-state index in [9.17, 15) is 0 Å². The van der Waals surface area contributed by atoms with Gasteiger partial charge in [-0.15, -0.1) is 6.58 Å². The summed E-state index contributed by atoms with van der Waals surface area (Å²) in [5, 5.41) is 3.59. The van der Waals surface area contributed by atoms with Gasteiger partial charge in [-0.3, -0.25) is 0 Å². The highest BCUT2D eigenvalue weighted by Gasteiger charge is 2.07. The Morgan fingerprint density at radius 2 is 1.88 bits per heavy atom. The Balaban J connectivity index is 1.90. The highest BCUT2D eigenvalue weighted by molar-refractivity contribution is 7.99. The first-order chi connectivity index (χ1) is 11.8. The molecule has 0 aliphatic heterocycles. The average Bonchev–Trinajstić information content (AvgIpc) is 2.64. The smallest absolute Gasteiger partial charge is 0.126 e. The van der Waals surface area contributed by atoms with Crippen LogP contribution in [0.25, 0.3) is 11.1 Å².